The van der Waals surface area contributed by atoms with Gasteiger partial charge in [0.1, 0.15) is 0 Å². The predicted molar refractivity (Wildman–Crippen MR) is 53.9 cm³/mol. The van der Waals surface area contributed by atoms with E-state index in [1.807, 2.05) is 25.7 Å². The molecule has 0 saturated carbocycles. The summed E-state index contributed by atoms with van der Waals surface area (Å²) >= 11 is 0. The maximum Gasteiger partial charge on any atom is 0.234 e. The van der Waals surface area contributed by atoms with Gasteiger partial charge in [-0.05, 0) is 6.92 Å². The standard InChI is InChI=1S/C10H18N2O2/c1-7(2)10(14)8(3)12-5-4-11-9(13)6-12/h7-8H,4-6H2,1-3H3,(H,11,13). The number of Topliss-reactive ketones (excluding diaryl/α,β-unsaturated/α-hetero) is 1. The summed E-state index contributed by atoms with van der Waals surface area (Å²) in [4.78, 5) is 24.7. The Balaban J connectivity index is 2.55. The molecule has 0 spiro atoms. The first kappa shape index (κ1) is 11.2. The second kappa shape index (κ2) is 4.55. The van der Waals surface area contributed by atoms with E-state index in [0.717, 1.165) is 6.54 Å². The van der Waals surface area contributed by atoms with Crippen LogP contribution in [-0.2, 0) is 9.59 Å². The van der Waals surface area contributed by atoms with Crippen molar-refractivity contribution < 1.29 is 9.59 Å². The summed E-state index contributed by atoms with van der Waals surface area (Å²) in [6.07, 6.45) is 0. The lowest BCUT2D eigenvalue weighted by Crippen LogP contribution is -2.53. The third-order valence-electron chi connectivity index (χ3n) is 2.60. The molecule has 1 amide bonds. The maximum absolute atomic E-state index is 11.7. The molecule has 1 unspecified atom stereocenters. The van der Waals surface area contributed by atoms with Crippen molar-refractivity contribution in [3.05, 3.63) is 0 Å². The SMILES string of the molecule is CC(C)C(=O)C(C)N1CCNC(=O)C1. The fraction of sp³-hybridized carbons (Fsp3) is 0.800. The smallest absolute Gasteiger partial charge is 0.234 e. The molecule has 0 bridgehead atoms. The second-order valence-corrected chi connectivity index (χ2v) is 4.05. The highest BCUT2D eigenvalue weighted by molar-refractivity contribution is 5.86. The quantitative estimate of drug-likeness (QED) is 0.696. The van der Waals surface area contributed by atoms with Crippen LogP contribution >= 0.6 is 0 Å². The van der Waals surface area contributed by atoms with Crippen LogP contribution in [0, 0.1) is 5.92 Å². The van der Waals surface area contributed by atoms with Gasteiger partial charge in [0.25, 0.3) is 0 Å². The van der Waals surface area contributed by atoms with Gasteiger partial charge in [-0.1, -0.05) is 13.8 Å². The third-order valence-corrected chi connectivity index (χ3v) is 2.60. The average Bonchev–Trinajstić information content (AvgIpc) is 2.15. The third kappa shape index (κ3) is 2.54. The molecule has 14 heavy (non-hydrogen) atoms. The Kier molecular flexibility index (Phi) is 3.63. The lowest BCUT2D eigenvalue weighted by Gasteiger charge is -2.31. The summed E-state index contributed by atoms with van der Waals surface area (Å²) in [6, 6.07) is -0.138. The van der Waals surface area contributed by atoms with E-state index >= 15 is 0 Å². The Morgan fingerprint density at radius 3 is 2.57 bits per heavy atom. The van der Waals surface area contributed by atoms with Crippen molar-refractivity contribution in [2.75, 3.05) is 19.6 Å². The number of nitrogens with zero attached hydrogens (tertiary/aromatic N) is 1. The molecule has 0 aromatic heterocycles. The van der Waals surface area contributed by atoms with Gasteiger partial charge in [-0.25, -0.2) is 0 Å². The van der Waals surface area contributed by atoms with E-state index in [1.165, 1.54) is 0 Å². The molecule has 0 radical (unpaired) electrons. The highest BCUT2D eigenvalue weighted by atomic mass is 16.2. The minimum atomic E-state index is -0.138. The van der Waals surface area contributed by atoms with E-state index in [1.54, 1.807) is 0 Å². The lowest BCUT2D eigenvalue weighted by atomic mass is 10.0. The van der Waals surface area contributed by atoms with Crippen molar-refractivity contribution in [1.29, 1.82) is 0 Å². The summed E-state index contributed by atoms with van der Waals surface area (Å²) in [5.74, 6) is 0.259. The summed E-state index contributed by atoms with van der Waals surface area (Å²) in [7, 11) is 0. The minimum absolute atomic E-state index is 0.0136. The van der Waals surface area contributed by atoms with E-state index in [2.05, 4.69) is 5.32 Å². The monoisotopic (exact) mass is 198 g/mol. The van der Waals surface area contributed by atoms with Gasteiger partial charge in [0.15, 0.2) is 5.78 Å². The van der Waals surface area contributed by atoms with Crippen LogP contribution in [-0.4, -0.2) is 42.3 Å². The van der Waals surface area contributed by atoms with Crippen LogP contribution in [0.2, 0.25) is 0 Å². The van der Waals surface area contributed by atoms with Crippen molar-refractivity contribution in [3.8, 4) is 0 Å². The van der Waals surface area contributed by atoms with Crippen molar-refractivity contribution in [3.63, 3.8) is 0 Å². The molecule has 1 atom stereocenters. The van der Waals surface area contributed by atoms with Gasteiger partial charge in [-0.15, -0.1) is 0 Å². The fourth-order valence-electron chi connectivity index (χ4n) is 1.65. The van der Waals surface area contributed by atoms with E-state index < -0.39 is 0 Å². The number of ketones is 1. The van der Waals surface area contributed by atoms with Crippen molar-refractivity contribution >= 4 is 11.7 Å². The van der Waals surface area contributed by atoms with Crippen LogP contribution in [0.5, 0.6) is 0 Å². The Labute approximate surface area is 84.7 Å². The molecule has 1 aliphatic heterocycles. The van der Waals surface area contributed by atoms with E-state index in [9.17, 15) is 9.59 Å². The van der Waals surface area contributed by atoms with Crippen molar-refractivity contribution in [2.45, 2.75) is 26.8 Å². The second-order valence-electron chi connectivity index (χ2n) is 4.05. The minimum Gasteiger partial charge on any atom is -0.354 e. The van der Waals surface area contributed by atoms with Gasteiger partial charge < -0.3 is 5.32 Å². The van der Waals surface area contributed by atoms with Crippen LogP contribution in [0.25, 0.3) is 0 Å². The van der Waals surface area contributed by atoms with Gasteiger partial charge >= 0.3 is 0 Å². The molecule has 1 N–H and O–H groups in total. The topological polar surface area (TPSA) is 49.4 Å². The Morgan fingerprint density at radius 2 is 2.07 bits per heavy atom. The maximum atomic E-state index is 11.7. The first-order valence-electron chi connectivity index (χ1n) is 5.07. The molecule has 1 rings (SSSR count). The molecule has 1 aliphatic rings. The van der Waals surface area contributed by atoms with Crippen LogP contribution in [0.4, 0.5) is 0 Å². The zero-order valence-electron chi connectivity index (χ0n) is 9.04. The zero-order chi connectivity index (χ0) is 10.7. The summed E-state index contributed by atoms with van der Waals surface area (Å²) < 4.78 is 0. The van der Waals surface area contributed by atoms with Gasteiger partial charge in [-0.2, -0.15) is 0 Å². The number of piperazine rings is 1. The molecule has 0 aromatic carbocycles. The number of carbonyl (C=O) groups is 2. The molecule has 1 fully saturated rings. The molecule has 4 heteroatoms. The Morgan fingerprint density at radius 1 is 1.43 bits per heavy atom. The first-order valence-corrected chi connectivity index (χ1v) is 5.07. The van der Waals surface area contributed by atoms with Gasteiger partial charge in [0.2, 0.25) is 5.91 Å². The highest BCUT2D eigenvalue weighted by Gasteiger charge is 2.26. The summed E-state index contributed by atoms with van der Waals surface area (Å²) in [5.41, 5.74) is 0. The molecule has 80 valence electrons. The molecule has 1 heterocycles. The highest BCUT2D eigenvalue weighted by Crippen LogP contribution is 2.08. The van der Waals surface area contributed by atoms with Crippen LogP contribution in [0.15, 0.2) is 0 Å². The van der Waals surface area contributed by atoms with Gasteiger partial charge in [0, 0.05) is 19.0 Å². The normalized spacial score (nSPS) is 20.7. The van der Waals surface area contributed by atoms with Crippen LogP contribution < -0.4 is 5.32 Å². The Bertz CT molecular complexity index is 238. The van der Waals surface area contributed by atoms with Gasteiger partial charge in [0.05, 0.1) is 12.6 Å². The summed E-state index contributed by atoms with van der Waals surface area (Å²) in [5, 5.41) is 2.74. The average molecular weight is 198 g/mol. The molecule has 4 nitrogen and oxygen atoms in total. The van der Waals surface area contributed by atoms with Crippen molar-refractivity contribution in [1.82, 2.24) is 10.2 Å². The van der Waals surface area contributed by atoms with E-state index in [0.29, 0.717) is 13.1 Å². The number of hydrogen-bond acceptors (Lipinski definition) is 3. The van der Waals surface area contributed by atoms with Gasteiger partial charge in [-0.3, -0.25) is 14.5 Å². The number of amides is 1. The number of hydrogen-bond donors (Lipinski definition) is 1. The number of nitrogens with one attached hydrogen (secondary N) is 1. The van der Waals surface area contributed by atoms with Crippen LogP contribution in [0.1, 0.15) is 20.8 Å². The molecule has 0 aromatic rings. The number of rotatable bonds is 3. The lowest BCUT2D eigenvalue weighted by molar-refractivity contribution is -0.130. The first-order chi connectivity index (χ1) is 6.52. The predicted octanol–water partition coefficient (Wildman–Crippen LogP) is 0.0318. The largest absolute Gasteiger partial charge is 0.354 e. The van der Waals surface area contributed by atoms with Crippen molar-refractivity contribution in [2.24, 2.45) is 5.92 Å². The molecule has 1 saturated heterocycles. The fourth-order valence-corrected chi connectivity index (χ4v) is 1.65. The van der Waals surface area contributed by atoms with Crippen LogP contribution in [0.3, 0.4) is 0 Å². The summed E-state index contributed by atoms with van der Waals surface area (Å²) in [6.45, 7) is 7.42. The molecular weight excluding hydrogens is 180 g/mol. The Hall–Kier alpha value is -0.900. The molecular formula is C10H18N2O2. The van der Waals surface area contributed by atoms with E-state index in [4.69, 9.17) is 0 Å². The zero-order valence-corrected chi connectivity index (χ0v) is 9.04. The molecule has 0 aliphatic carbocycles. The number of carbonyl (C=O) groups excluding carboxylic acids is 2. The van der Waals surface area contributed by atoms with E-state index in [-0.39, 0.29) is 23.7 Å².